The molecule has 1 unspecified atom stereocenters. The minimum atomic E-state index is -0.930. The van der Waals surface area contributed by atoms with Crippen molar-refractivity contribution < 1.29 is 8.95 Å². The van der Waals surface area contributed by atoms with Crippen LogP contribution in [-0.2, 0) is 16.6 Å². The van der Waals surface area contributed by atoms with Gasteiger partial charge in [-0.15, -0.1) is 0 Å². The van der Waals surface area contributed by atoms with Gasteiger partial charge >= 0.3 is 0 Å². The summed E-state index contributed by atoms with van der Waals surface area (Å²) in [4.78, 5) is 17.2. The maximum Gasteiger partial charge on any atom is 0.223 e. The number of nitrogens with zero attached hydrogens (tertiary/aromatic N) is 1. The molecule has 1 aromatic heterocycles. The summed E-state index contributed by atoms with van der Waals surface area (Å²) in [6, 6.07) is 1.51. The summed E-state index contributed by atoms with van der Waals surface area (Å²) in [5, 5.41) is 0.237. The number of piperidine rings is 1. The Balaban J connectivity index is 1.95. The second-order valence-electron chi connectivity index (χ2n) is 5.56. The van der Waals surface area contributed by atoms with Crippen LogP contribution in [0.1, 0.15) is 31.9 Å². The lowest BCUT2D eigenvalue weighted by atomic mass is 10.1. The highest BCUT2D eigenvalue weighted by Crippen LogP contribution is 2.17. The van der Waals surface area contributed by atoms with Gasteiger partial charge in [0, 0.05) is 34.0 Å². The Kier molecular flexibility index (Phi) is 5.99. The first kappa shape index (κ1) is 16.2. The SMILES string of the molecule is CCCOc1c[nH]c(CS(=O)C2CCN(C)CC2)cc1=O. The molecule has 1 aromatic rings. The average Bonchev–Trinajstić information content (AvgIpc) is 2.47. The third-order valence-electron chi connectivity index (χ3n) is 3.73. The highest BCUT2D eigenvalue weighted by Gasteiger charge is 2.22. The Labute approximate surface area is 128 Å². The fraction of sp³-hybridized carbons (Fsp3) is 0.667. The van der Waals surface area contributed by atoms with Gasteiger partial charge in [0.15, 0.2) is 5.75 Å². The van der Waals surface area contributed by atoms with Crippen LogP contribution in [-0.4, -0.2) is 46.1 Å². The number of aromatic nitrogens is 1. The third kappa shape index (κ3) is 4.68. The quantitative estimate of drug-likeness (QED) is 0.865. The zero-order valence-electron chi connectivity index (χ0n) is 12.8. The van der Waals surface area contributed by atoms with Crippen molar-refractivity contribution in [2.75, 3.05) is 26.7 Å². The maximum atomic E-state index is 12.4. The lowest BCUT2D eigenvalue weighted by molar-refractivity contribution is 0.280. The number of hydrogen-bond acceptors (Lipinski definition) is 4. The second-order valence-corrected chi connectivity index (χ2v) is 7.28. The lowest BCUT2D eigenvalue weighted by Crippen LogP contribution is -2.35. The fourth-order valence-corrected chi connectivity index (χ4v) is 3.87. The molecule has 0 amide bonds. The molecule has 1 atom stereocenters. The third-order valence-corrected chi connectivity index (χ3v) is 5.54. The van der Waals surface area contributed by atoms with Crippen LogP contribution in [0.5, 0.6) is 5.75 Å². The van der Waals surface area contributed by atoms with Gasteiger partial charge in [0.05, 0.1) is 12.4 Å². The molecule has 1 aliphatic rings. The predicted molar refractivity (Wildman–Crippen MR) is 85.2 cm³/mol. The van der Waals surface area contributed by atoms with E-state index in [1.807, 2.05) is 6.92 Å². The summed E-state index contributed by atoms with van der Waals surface area (Å²) >= 11 is 0. The van der Waals surface area contributed by atoms with E-state index in [1.54, 1.807) is 6.20 Å². The Morgan fingerprint density at radius 1 is 1.43 bits per heavy atom. The monoisotopic (exact) mass is 312 g/mol. The highest BCUT2D eigenvalue weighted by atomic mass is 32.2. The zero-order valence-corrected chi connectivity index (χ0v) is 13.6. The van der Waals surface area contributed by atoms with E-state index in [4.69, 9.17) is 4.74 Å². The van der Waals surface area contributed by atoms with Gasteiger partial charge < -0.3 is 14.6 Å². The number of pyridine rings is 1. The Morgan fingerprint density at radius 3 is 2.76 bits per heavy atom. The minimum absolute atomic E-state index is 0.141. The van der Waals surface area contributed by atoms with Gasteiger partial charge in [0.2, 0.25) is 5.43 Å². The molecule has 5 nitrogen and oxygen atoms in total. The first-order chi connectivity index (χ1) is 10.1. The van der Waals surface area contributed by atoms with E-state index in [1.165, 1.54) is 6.07 Å². The van der Waals surface area contributed by atoms with Crippen LogP contribution < -0.4 is 10.2 Å². The van der Waals surface area contributed by atoms with E-state index < -0.39 is 10.8 Å². The Hall–Kier alpha value is -1.14. The molecular formula is C15H24N2O3S. The first-order valence-corrected chi connectivity index (χ1v) is 8.88. The minimum Gasteiger partial charge on any atom is -0.488 e. The molecule has 1 N–H and O–H groups in total. The van der Waals surface area contributed by atoms with Crippen molar-refractivity contribution in [1.29, 1.82) is 0 Å². The van der Waals surface area contributed by atoms with Crippen molar-refractivity contribution in [2.45, 2.75) is 37.2 Å². The van der Waals surface area contributed by atoms with Crippen molar-refractivity contribution in [1.82, 2.24) is 9.88 Å². The Morgan fingerprint density at radius 2 is 2.14 bits per heavy atom. The van der Waals surface area contributed by atoms with E-state index in [-0.39, 0.29) is 10.7 Å². The predicted octanol–water partition coefficient (Wildman–Crippen LogP) is 1.51. The van der Waals surface area contributed by atoms with E-state index in [2.05, 4.69) is 16.9 Å². The lowest BCUT2D eigenvalue weighted by Gasteiger charge is -2.28. The van der Waals surface area contributed by atoms with E-state index in [9.17, 15) is 9.00 Å². The molecule has 0 radical (unpaired) electrons. The number of H-pyrrole nitrogens is 1. The maximum absolute atomic E-state index is 12.4. The number of nitrogens with one attached hydrogen (secondary N) is 1. The van der Waals surface area contributed by atoms with E-state index in [0.29, 0.717) is 18.1 Å². The highest BCUT2D eigenvalue weighted by molar-refractivity contribution is 7.84. The molecule has 0 spiro atoms. The van der Waals surface area contributed by atoms with Gasteiger partial charge in [-0.3, -0.25) is 9.00 Å². The molecule has 1 aliphatic heterocycles. The van der Waals surface area contributed by atoms with Crippen LogP contribution >= 0.6 is 0 Å². The van der Waals surface area contributed by atoms with Crippen LogP contribution in [0.4, 0.5) is 0 Å². The van der Waals surface area contributed by atoms with Crippen molar-refractivity contribution in [3.05, 3.63) is 28.2 Å². The first-order valence-electron chi connectivity index (χ1n) is 7.50. The summed E-state index contributed by atoms with van der Waals surface area (Å²) in [6.45, 7) is 4.52. The van der Waals surface area contributed by atoms with Crippen molar-refractivity contribution in [2.24, 2.45) is 0 Å². The fourth-order valence-electron chi connectivity index (χ4n) is 2.43. The molecule has 0 aliphatic carbocycles. The molecule has 0 saturated carbocycles. The van der Waals surface area contributed by atoms with Crippen LogP contribution in [0, 0.1) is 0 Å². The second kappa shape index (κ2) is 7.75. The number of likely N-dealkylation sites (tertiary alicyclic amines) is 1. The molecule has 1 fully saturated rings. The summed E-state index contributed by atoms with van der Waals surface area (Å²) in [6.07, 6.45) is 4.37. The molecule has 2 heterocycles. The molecule has 6 heteroatoms. The van der Waals surface area contributed by atoms with Gasteiger partial charge in [-0.25, -0.2) is 0 Å². The molecule has 118 valence electrons. The average molecular weight is 312 g/mol. The normalized spacial score (nSPS) is 18.6. The number of ether oxygens (including phenoxy) is 1. The number of hydrogen-bond donors (Lipinski definition) is 1. The summed E-state index contributed by atoms with van der Waals surface area (Å²) in [7, 11) is 1.16. The molecule has 1 saturated heterocycles. The summed E-state index contributed by atoms with van der Waals surface area (Å²) in [5.41, 5.74) is 0.582. The summed E-state index contributed by atoms with van der Waals surface area (Å²) in [5.74, 6) is 0.753. The molecule has 2 rings (SSSR count). The number of aromatic amines is 1. The topological polar surface area (TPSA) is 62.4 Å². The molecule has 0 aromatic carbocycles. The molecular weight excluding hydrogens is 288 g/mol. The Bertz CT molecular complexity index is 536. The van der Waals surface area contributed by atoms with Gasteiger partial charge in [-0.2, -0.15) is 0 Å². The van der Waals surface area contributed by atoms with Crippen LogP contribution in [0.3, 0.4) is 0 Å². The van der Waals surface area contributed by atoms with Crippen molar-refractivity contribution in [3.8, 4) is 5.75 Å². The standard InChI is InChI=1S/C15H24N2O3S/c1-3-8-20-15-10-16-12(9-14(15)18)11-21(19)13-4-6-17(2)7-5-13/h9-10,13H,3-8,11H2,1-2H3,(H,16,18). The van der Waals surface area contributed by atoms with E-state index in [0.717, 1.165) is 38.0 Å². The number of rotatable bonds is 6. The van der Waals surface area contributed by atoms with Crippen molar-refractivity contribution in [3.63, 3.8) is 0 Å². The summed E-state index contributed by atoms with van der Waals surface area (Å²) < 4.78 is 17.7. The van der Waals surface area contributed by atoms with Gasteiger partial charge in [-0.05, 0) is 39.4 Å². The molecule has 0 bridgehead atoms. The van der Waals surface area contributed by atoms with Crippen LogP contribution in [0.25, 0.3) is 0 Å². The molecule has 21 heavy (non-hydrogen) atoms. The largest absolute Gasteiger partial charge is 0.488 e. The van der Waals surface area contributed by atoms with Gasteiger partial charge in [0.25, 0.3) is 0 Å². The van der Waals surface area contributed by atoms with Gasteiger partial charge in [-0.1, -0.05) is 6.92 Å². The van der Waals surface area contributed by atoms with Crippen molar-refractivity contribution >= 4 is 10.8 Å². The van der Waals surface area contributed by atoms with Gasteiger partial charge in [0.1, 0.15) is 0 Å². The zero-order chi connectivity index (χ0) is 15.2. The van der Waals surface area contributed by atoms with Crippen LogP contribution in [0.2, 0.25) is 0 Å². The smallest absolute Gasteiger partial charge is 0.223 e. The van der Waals surface area contributed by atoms with E-state index >= 15 is 0 Å². The van der Waals surface area contributed by atoms with Crippen LogP contribution in [0.15, 0.2) is 17.1 Å².